The van der Waals surface area contributed by atoms with Crippen molar-refractivity contribution in [2.75, 3.05) is 18.0 Å². The van der Waals surface area contributed by atoms with Crippen molar-refractivity contribution >= 4 is 17.4 Å². The predicted molar refractivity (Wildman–Crippen MR) is 68.7 cm³/mol. The van der Waals surface area contributed by atoms with Crippen LogP contribution in [-0.2, 0) is 4.74 Å². The van der Waals surface area contributed by atoms with Gasteiger partial charge in [0.1, 0.15) is 0 Å². The first kappa shape index (κ1) is 12.6. The molecule has 5 heteroatoms. The third kappa shape index (κ3) is 2.69. The van der Waals surface area contributed by atoms with E-state index in [2.05, 4.69) is 28.7 Å². The van der Waals surface area contributed by atoms with E-state index in [0.717, 1.165) is 30.3 Å². The summed E-state index contributed by atoms with van der Waals surface area (Å²) in [7, 11) is 0. The molecule has 0 amide bonds. The van der Waals surface area contributed by atoms with Crippen LogP contribution in [0.15, 0.2) is 0 Å². The molecule has 1 aliphatic rings. The fourth-order valence-corrected chi connectivity index (χ4v) is 2.40. The van der Waals surface area contributed by atoms with Gasteiger partial charge in [-0.2, -0.15) is 0 Å². The molecule has 2 rings (SSSR count). The second kappa shape index (κ2) is 4.78. The summed E-state index contributed by atoms with van der Waals surface area (Å²) in [5, 5.41) is 0.481. The molecule has 0 spiro atoms. The number of hydrogen-bond donors (Lipinski definition) is 0. The Hall–Kier alpha value is -0.870. The van der Waals surface area contributed by atoms with E-state index in [-0.39, 0.29) is 12.2 Å². The summed E-state index contributed by atoms with van der Waals surface area (Å²) in [6.07, 6.45) is 0.386. The van der Waals surface area contributed by atoms with Gasteiger partial charge in [0.15, 0.2) is 11.0 Å². The van der Waals surface area contributed by atoms with E-state index >= 15 is 0 Å². The average Bonchev–Trinajstić information content (AvgIpc) is 2.22. The minimum absolute atomic E-state index is 0.193. The number of nitrogens with zero attached hydrogens (tertiary/aromatic N) is 3. The molecule has 2 unspecified atom stereocenters. The summed E-state index contributed by atoms with van der Waals surface area (Å²) in [4.78, 5) is 11.0. The highest BCUT2D eigenvalue weighted by molar-refractivity contribution is 6.31. The molecular weight excluding hydrogens is 238 g/mol. The molecule has 0 aliphatic carbocycles. The van der Waals surface area contributed by atoms with Gasteiger partial charge >= 0.3 is 0 Å². The number of morpholine rings is 1. The monoisotopic (exact) mass is 255 g/mol. The Morgan fingerprint density at radius 1 is 1.12 bits per heavy atom. The lowest BCUT2D eigenvalue weighted by Gasteiger charge is -2.36. The van der Waals surface area contributed by atoms with E-state index in [4.69, 9.17) is 16.3 Å². The fourth-order valence-electron chi connectivity index (χ4n) is 2.12. The first-order valence-electron chi connectivity index (χ1n) is 5.88. The lowest BCUT2D eigenvalue weighted by Crippen LogP contribution is -2.46. The van der Waals surface area contributed by atoms with Crippen molar-refractivity contribution in [3.63, 3.8) is 0 Å². The van der Waals surface area contributed by atoms with Gasteiger partial charge in [0, 0.05) is 13.1 Å². The molecule has 2 atom stereocenters. The average molecular weight is 256 g/mol. The molecule has 0 aromatic carbocycles. The van der Waals surface area contributed by atoms with E-state index in [9.17, 15) is 0 Å². The highest BCUT2D eigenvalue weighted by Crippen LogP contribution is 2.25. The Labute approximate surface area is 107 Å². The highest BCUT2D eigenvalue weighted by Gasteiger charge is 2.25. The molecule has 0 radical (unpaired) electrons. The van der Waals surface area contributed by atoms with Gasteiger partial charge in [-0.1, -0.05) is 11.6 Å². The smallest absolute Gasteiger partial charge is 0.171 e. The van der Waals surface area contributed by atoms with Gasteiger partial charge in [-0.25, -0.2) is 9.97 Å². The van der Waals surface area contributed by atoms with Crippen LogP contribution in [0.1, 0.15) is 25.2 Å². The molecule has 0 bridgehead atoms. The molecule has 2 heterocycles. The number of halogens is 1. The summed E-state index contributed by atoms with van der Waals surface area (Å²) in [5.74, 6) is 0.775. The van der Waals surface area contributed by atoms with Gasteiger partial charge in [-0.3, -0.25) is 0 Å². The molecule has 0 N–H and O–H groups in total. The lowest BCUT2D eigenvalue weighted by molar-refractivity contribution is -0.00547. The number of hydrogen-bond acceptors (Lipinski definition) is 4. The highest BCUT2D eigenvalue weighted by atomic mass is 35.5. The van der Waals surface area contributed by atoms with Crippen LogP contribution in [0.2, 0.25) is 5.15 Å². The quantitative estimate of drug-likeness (QED) is 0.772. The van der Waals surface area contributed by atoms with Gasteiger partial charge in [-0.15, -0.1) is 0 Å². The Morgan fingerprint density at radius 3 is 2.24 bits per heavy atom. The maximum absolute atomic E-state index is 6.17. The summed E-state index contributed by atoms with van der Waals surface area (Å²) in [6.45, 7) is 9.61. The second-order valence-corrected chi connectivity index (χ2v) is 5.03. The SMILES string of the molecule is Cc1nc(Cl)c(N2CC(C)OC(C)C2)nc1C. The van der Waals surface area contributed by atoms with E-state index < -0.39 is 0 Å². The zero-order valence-electron chi connectivity index (χ0n) is 10.7. The van der Waals surface area contributed by atoms with Crippen LogP contribution in [0.3, 0.4) is 0 Å². The molecular formula is C12H18ClN3O. The summed E-state index contributed by atoms with van der Waals surface area (Å²) in [6, 6.07) is 0. The molecule has 0 saturated carbocycles. The van der Waals surface area contributed by atoms with Crippen molar-refractivity contribution in [1.29, 1.82) is 0 Å². The van der Waals surface area contributed by atoms with Crippen molar-refractivity contribution < 1.29 is 4.74 Å². The summed E-state index contributed by atoms with van der Waals surface area (Å²) < 4.78 is 5.70. The van der Waals surface area contributed by atoms with Gasteiger partial charge in [0.2, 0.25) is 0 Å². The summed E-state index contributed by atoms with van der Waals surface area (Å²) in [5.41, 5.74) is 1.81. The Balaban J connectivity index is 2.30. The second-order valence-electron chi connectivity index (χ2n) is 4.67. The Kier molecular flexibility index (Phi) is 3.54. The minimum atomic E-state index is 0.193. The van der Waals surface area contributed by atoms with Crippen molar-refractivity contribution in [1.82, 2.24) is 9.97 Å². The molecule has 1 aromatic heterocycles. The molecule has 94 valence electrons. The molecule has 4 nitrogen and oxygen atoms in total. The maximum atomic E-state index is 6.17. The van der Waals surface area contributed by atoms with E-state index in [1.54, 1.807) is 0 Å². The molecule has 1 fully saturated rings. The molecule has 1 aliphatic heterocycles. The normalized spacial score (nSPS) is 25.1. The van der Waals surface area contributed by atoms with Gasteiger partial charge in [0.25, 0.3) is 0 Å². The van der Waals surface area contributed by atoms with Gasteiger partial charge in [-0.05, 0) is 27.7 Å². The third-order valence-electron chi connectivity index (χ3n) is 2.97. The maximum Gasteiger partial charge on any atom is 0.171 e. The molecule has 1 aromatic rings. The zero-order valence-corrected chi connectivity index (χ0v) is 11.5. The molecule has 17 heavy (non-hydrogen) atoms. The first-order chi connectivity index (χ1) is 7.97. The van der Waals surface area contributed by atoms with Crippen LogP contribution >= 0.6 is 11.6 Å². The predicted octanol–water partition coefficient (Wildman–Crippen LogP) is 2.36. The lowest BCUT2D eigenvalue weighted by atomic mass is 10.2. The topological polar surface area (TPSA) is 38.2 Å². The van der Waals surface area contributed by atoms with Crippen molar-refractivity contribution in [3.05, 3.63) is 16.5 Å². The van der Waals surface area contributed by atoms with E-state index in [0.29, 0.717) is 5.15 Å². The van der Waals surface area contributed by atoms with Crippen LogP contribution in [0, 0.1) is 13.8 Å². The summed E-state index contributed by atoms with van der Waals surface area (Å²) >= 11 is 6.17. The molecule has 1 saturated heterocycles. The largest absolute Gasteiger partial charge is 0.372 e. The van der Waals surface area contributed by atoms with Crippen LogP contribution in [-0.4, -0.2) is 35.3 Å². The number of aromatic nitrogens is 2. The number of ether oxygens (including phenoxy) is 1. The Bertz CT molecular complexity index is 414. The van der Waals surface area contributed by atoms with Gasteiger partial charge < -0.3 is 9.64 Å². The first-order valence-corrected chi connectivity index (χ1v) is 6.26. The fraction of sp³-hybridized carbons (Fsp3) is 0.667. The van der Waals surface area contributed by atoms with Crippen LogP contribution in [0.4, 0.5) is 5.82 Å². The van der Waals surface area contributed by atoms with Crippen molar-refractivity contribution in [3.8, 4) is 0 Å². The number of anilines is 1. The van der Waals surface area contributed by atoms with Crippen LogP contribution in [0.25, 0.3) is 0 Å². The Morgan fingerprint density at radius 2 is 1.65 bits per heavy atom. The standard InChI is InChI=1S/C12H18ClN3O/c1-7-5-16(6-8(2)17-7)12-11(13)14-9(3)10(4)15-12/h7-8H,5-6H2,1-4H3. The van der Waals surface area contributed by atoms with E-state index in [1.807, 2.05) is 13.8 Å². The minimum Gasteiger partial charge on any atom is -0.372 e. The third-order valence-corrected chi connectivity index (χ3v) is 3.22. The van der Waals surface area contributed by atoms with Gasteiger partial charge in [0.05, 0.1) is 23.6 Å². The van der Waals surface area contributed by atoms with Crippen LogP contribution in [0.5, 0.6) is 0 Å². The van der Waals surface area contributed by atoms with E-state index in [1.165, 1.54) is 0 Å². The number of aryl methyl sites for hydroxylation is 2. The number of rotatable bonds is 1. The van der Waals surface area contributed by atoms with Crippen molar-refractivity contribution in [2.24, 2.45) is 0 Å². The zero-order chi connectivity index (χ0) is 12.6. The van der Waals surface area contributed by atoms with Crippen molar-refractivity contribution in [2.45, 2.75) is 39.9 Å². The van der Waals surface area contributed by atoms with Crippen LogP contribution < -0.4 is 4.90 Å².